The number of aliphatic hydroxyl groups is 1. The maximum Gasteiger partial charge on any atom is 0.274 e. The molecule has 2 N–H and O–H groups in total. The number of pyridine rings is 1. The van der Waals surface area contributed by atoms with Crippen molar-refractivity contribution in [2.75, 3.05) is 13.1 Å². The van der Waals surface area contributed by atoms with Crippen LogP contribution in [0.4, 0.5) is 0 Å². The third-order valence-electron chi connectivity index (χ3n) is 5.27. The Morgan fingerprint density at radius 2 is 2.12 bits per heavy atom. The number of rotatable bonds is 2. The largest absolute Gasteiger partial charge is 0.391 e. The molecule has 2 aliphatic rings. The summed E-state index contributed by atoms with van der Waals surface area (Å²) in [6.07, 6.45) is 2.40. The molecule has 2 aromatic rings. The molecule has 2 atom stereocenters. The number of hydrogen-bond donors (Lipinski definition) is 2. The van der Waals surface area contributed by atoms with Crippen molar-refractivity contribution in [2.45, 2.75) is 38.2 Å². The molecule has 24 heavy (non-hydrogen) atoms. The zero-order valence-corrected chi connectivity index (χ0v) is 14.0. The Morgan fingerprint density at radius 1 is 1.38 bits per heavy atom. The van der Waals surface area contributed by atoms with Crippen LogP contribution < -0.4 is 5.56 Å². The molecule has 2 fully saturated rings. The second kappa shape index (κ2) is 5.44. The highest BCUT2D eigenvalue weighted by atomic mass is 16.3. The molecule has 1 saturated carbocycles. The lowest BCUT2D eigenvalue weighted by molar-refractivity contribution is 0.0249. The number of aromatic nitrogens is 3. The molecular weight excluding hydrogens is 308 g/mol. The van der Waals surface area contributed by atoms with Crippen molar-refractivity contribution in [3.63, 3.8) is 0 Å². The Balaban J connectivity index is 1.80. The fourth-order valence-corrected chi connectivity index (χ4v) is 3.44. The van der Waals surface area contributed by atoms with Gasteiger partial charge in [-0.2, -0.15) is 0 Å². The topological polar surface area (TPSA) is 91.2 Å². The van der Waals surface area contributed by atoms with Gasteiger partial charge in [0.15, 0.2) is 5.65 Å². The van der Waals surface area contributed by atoms with E-state index < -0.39 is 6.10 Å². The predicted molar refractivity (Wildman–Crippen MR) is 89.0 cm³/mol. The molecule has 7 nitrogen and oxygen atoms in total. The summed E-state index contributed by atoms with van der Waals surface area (Å²) >= 11 is 0. The summed E-state index contributed by atoms with van der Waals surface area (Å²) < 4.78 is 1.58. The van der Waals surface area contributed by atoms with Crippen molar-refractivity contribution in [1.82, 2.24) is 19.7 Å². The van der Waals surface area contributed by atoms with E-state index in [-0.39, 0.29) is 17.4 Å². The van der Waals surface area contributed by atoms with Gasteiger partial charge >= 0.3 is 0 Å². The minimum absolute atomic E-state index is 0.188. The first-order valence-corrected chi connectivity index (χ1v) is 8.52. The first kappa shape index (κ1) is 15.4. The number of hydrogen-bond acceptors (Lipinski definition) is 4. The fraction of sp³-hybridized carbons (Fsp3) is 0.588. The number of piperidine rings is 1. The van der Waals surface area contributed by atoms with Crippen LogP contribution >= 0.6 is 0 Å². The van der Waals surface area contributed by atoms with Crippen LogP contribution in [0.2, 0.25) is 0 Å². The lowest BCUT2D eigenvalue weighted by Gasteiger charge is -2.34. The average molecular weight is 330 g/mol. The van der Waals surface area contributed by atoms with E-state index in [1.165, 1.54) is 0 Å². The Bertz CT molecular complexity index is 865. The predicted octanol–water partition coefficient (Wildman–Crippen LogP) is 0.982. The van der Waals surface area contributed by atoms with Crippen molar-refractivity contribution in [2.24, 2.45) is 13.0 Å². The molecule has 1 aliphatic heterocycles. The van der Waals surface area contributed by atoms with Gasteiger partial charge in [0.25, 0.3) is 11.5 Å². The number of amides is 1. The van der Waals surface area contributed by atoms with Gasteiger partial charge in [-0.25, -0.2) is 4.98 Å². The van der Waals surface area contributed by atoms with Crippen LogP contribution in [-0.4, -0.2) is 49.9 Å². The Kier molecular flexibility index (Phi) is 3.49. The van der Waals surface area contributed by atoms with E-state index in [0.717, 1.165) is 25.0 Å². The zero-order valence-electron chi connectivity index (χ0n) is 14.0. The summed E-state index contributed by atoms with van der Waals surface area (Å²) in [5, 5.41) is 13.1. The molecule has 1 aliphatic carbocycles. The van der Waals surface area contributed by atoms with E-state index >= 15 is 0 Å². The normalized spacial score (nSPS) is 24.5. The van der Waals surface area contributed by atoms with Gasteiger partial charge in [0.1, 0.15) is 0 Å². The molecule has 4 rings (SSSR count). The quantitative estimate of drug-likeness (QED) is 0.859. The van der Waals surface area contributed by atoms with Gasteiger partial charge in [0.2, 0.25) is 0 Å². The average Bonchev–Trinajstić information content (AvgIpc) is 3.36. The minimum atomic E-state index is -0.517. The number of aliphatic hydroxyl groups excluding tert-OH is 1. The van der Waals surface area contributed by atoms with E-state index in [4.69, 9.17) is 0 Å². The van der Waals surface area contributed by atoms with Crippen LogP contribution in [0.25, 0.3) is 11.0 Å². The Hall–Kier alpha value is -2.15. The first-order chi connectivity index (χ1) is 11.5. The summed E-state index contributed by atoms with van der Waals surface area (Å²) in [5.74, 6) is 0.388. The highest BCUT2D eigenvalue weighted by molar-refractivity contribution is 6.05. The number of aryl methyl sites for hydroxylation is 1. The van der Waals surface area contributed by atoms with Gasteiger partial charge in [-0.1, -0.05) is 6.92 Å². The number of aromatic amines is 1. The molecule has 0 aromatic carbocycles. The van der Waals surface area contributed by atoms with Crippen LogP contribution in [0, 0.1) is 5.92 Å². The monoisotopic (exact) mass is 330 g/mol. The third-order valence-corrected chi connectivity index (χ3v) is 5.27. The van der Waals surface area contributed by atoms with E-state index in [2.05, 4.69) is 10.1 Å². The van der Waals surface area contributed by atoms with E-state index in [1.54, 1.807) is 22.7 Å². The van der Waals surface area contributed by atoms with Crippen molar-refractivity contribution in [1.29, 1.82) is 0 Å². The molecule has 1 amide bonds. The van der Waals surface area contributed by atoms with Gasteiger partial charge < -0.3 is 10.0 Å². The molecule has 2 unspecified atom stereocenters. The number of carbonyl (C=O) groups is 1. The molecule has 3 heterocycles. The van der Waals surface area contributed by atoms with Crippen LogP contribution in [0.3, 0.4) is 0 Å². The van der Waals surface area contributed by atoms with Crippen molar-refractivity contribution in [3.05, 3.63) is 27.7 Å². The number of fused-ring (bicyclic) bond motifs is 1. The van der Waals surface area contributed by atoms with Gasteiger partial charge in [0.05, 0.1) is 17.1 Å². The molecule has 7 heteroatoms. The van der Waals surface area contributed by atoms with Gasteiger partial charge in [-0.05, 0) is 31.2 Å². The standard InChI is InChI=1S/C17H22N4O3/c1-9-5-6-21(8-13(9)22)17(24)11-7-12(10-3-4-10)18-15-14(11)16(23)19-20(15)2/h7,9-10,13,22H,3-6,8H2,1-2H3,(H,19,23). The summed E-state index contributed by atoms with van der Waals surface area (Å²) in [6.45, 7) is 2.90. The lowest BCUT2D eigenvalue weighted by Crippen LogP contribution is -2.46. The first-order valence-electron chi connectivity index (χ1n) is 8.52. The molecule has 1 saturated heterocycles. The molecule has 2 aromatic heterocycles. The number of carbonyl (C=O) groups excluding carboxylic acids is 1. The molecular formula is C17H22N4O3. The highest BCUT2D eigenvalue weighted by Crippen LogP contribution is 2.40. The maximum absolute atomic E-state index is 13.0. The van der Waals surface area contributed by atoms with E-state index in [0.29, 0.717) is 35.6 Å². The second-order valence-electron chi connectivity index (χ2n) is 7.15. The summed E-state index contributed by atoms with van der Waals surface area (Å²) in [5.41, 5.74) is 1.52. The van der Waals surface area contributed by atoms with Gasteiger partial charge in [0, 0.05) is 31.7 Å². The van der Waals surface area contributed by atoms with Gasteiger partial charge in [-0.3, -0.25) is 19.4 Å². The molecule has 0 spiro atoms. The van der Waals surface area contributed by atoms with Crippen LogP contribution in [0.1, 0.15) is 48.2 Å². The zero-order chi connectivity index (χ0) is 17.0. The molecule has 0 radical (unpaired) electrons. The van der Waals surface area contributed by atoms with E-state index in [9.17, 15) is 14.7 Å². The third kappa shape index (κ3) is 2.43. The van der Waals surface area contributed by atoms with Crippen molar-refractivity contribution < 1.29 is 9.90 Å². The number of likely N-dealkylation sites (tertiary alicyclic amines) is 1. The number of nitrogens with zero attached hydrogens (tertiary/aromatic N) is 3. The van der Waals surface area contributed by atoms with Gasteiger partial charge in [-0.15, -0.1) is 0 Å². The number of β-amino-alcohol motifs (C(OH)–C–C–N with tert-alkyl or cyclic N) is 1. The second-order valence-corrected chi connectivity index (χ2v) is 7.15. The lowest BCUT2D eigenvalue weighted by atomic mass is 9.95. The Labute approximate surface area is 139 Å². The highest BCUT2D eigenvalue weighted by Gasteiger charge is 2.32. The summed E-state index contributed by atoms with van der Waals surface area (Å²) in [4.78, 5) is 31.6. The fourth-order valence-electron chi connectivity index (χ4n) is 3.44. The van der Waals surface area contributed by atoms with Crippen LogP contribution in [0.15, 0.2) is 10.9 Å². The van der Waals surface area contributed by atoms with E-state index in [1.807, 2.05) is 6.92 Å². The maximum atomic E-state index is 13.0. The number of nitrogens with one attached hydrogen (secondary N) is 1. The molecule has 0 bridgehead atoms. The minimum Gasteiger partial charge on any atom is -0.391 e. The smallest absolute Gasteiger partial charge is 0.274 e. The SMILES string of the molecule is CC1CCN(C(=O)c2cc(C3CC3)nc3c2c(=O)[nH]n3C)CC1O. The van der Waals surface area contributed by atoms with Crippen molar-refractivity contribution >= 4 is 16.9 Å². The van der Waals surface area contributed by atoms with Crippen LogP contribution in [-0.2, 0) is 7.05 Å². The summed E-state index contributed by atoms with van der Waals surface area (Å²) in [7, 11) is 1.73. The van der Waals surface area contributed by atoms with Crippen molar-refractivity contribution in [3.8, 4) is 0 Å². The molecule has 128 valence electrons. The Morgan fingerprint density at radius 3 is 2.79 bits per heavy atom. The number of H-pyrrole nitrogens is 1. The van der Waals surface area contributed by atoms with Crippen LogP contribution in [0.5, 0.6) is 0 Å². The summed E-state index contributed by atoms with van der Waals surface area (Å²) in [6, 6.07) is 1.78.